The number of fused-ring (bicyclic) bond motifs is 2. The summed E-state index contributed by atoms with van der Waals surface area (Å²) in [5.74, 6) is 0. The van der Waals surface area contributed by atoms with Crippen LogP contribution in [-0.4, -0.2) is 28.6 Å². The van der Waals surface area contributed by atoms with Gasteiger partial charge in [-0.05, 0) is 44.9 Å². The quantitative estimate of drug-likeness (QED) is 0.814. The number of nitrogens with two attached hydrogens (primary N) is 1. The number of rotatable bonds is 4. The Morgan fingerprint density at radius 2 is 1.47 bits per heavy atom. The highest BCUT2D eigenvalue weighted by Gasteiger charge is 2.45. The van der Waals surface area contributed by atoms with E-state index in [0.29, 0.717) is 11.6 Å². The van der Waals surface area contributed by atoms with E-state index < -0.39 is 0 Å². The number of piperidine rings is 2. The minimum atomic E-state index is 0.454. The summed E-state index contributed by atoms with van der Waals surface area (Å²) in [7, 11) is 0. The van der Waals surface area contributed by atoms with Crippen LogP contribution in [0.4, 0.5) is 0 Å². The van der Waals surface area contributed by atoms with E-state index in [4.69, 9.17) is 5.73 Å². The van der Waals surface area contributed by atoms with Crippen molar-refractivity contribution in [1.82, 2.24) is 4.90 Å². The standard InChI is InChI=1S/C15H30N2/c1-4-15(5-2,6-3)17-13-8-7-9-14(17)11-12(16)10-13/h12-14H,4-11,16H2,1-3H3. The Kier molecular flexibility index (Phi) is 4.14. The second kappa shape index (κ2) is 5.27. The molecule has 0 amide bonds. The van der Waals surface area contributed by atoms with E-state index in [2.05, 4.69) is 25.7 Å². The fraction of sp³-hybridized carbons (Fsp3) is 1.00. The van der Waals surface area contributed by atoms with Crippen molar-refractivity contribution in [2.24, 2.45) is 5.73 Å². The smallest absolute Gasteiger partial charge is 0.0207 e. The maximum atomic E-state index is 6.23. The first-order valence-corrected chi connectivity index (χ1v) is 7.70. The largest absolute Gasteiger partial charge is 0.328 e. The third-order valence-corrected chi connectivity index (χ3v) is 5.53. The van der Waals surface area contributed by atoms with Gasteiger partial charge in [0, 0.05) is 23.7 Å². The van der Waals surface area contributed by atoms with Crippen LogP contribution in [0.2, 0.25) is 0 Å². The van der Waals surface area contributed by atoms with Crippen LogP contribution in [0.5, 0.6) is 0 Å². The molecule has 2 fully saturated rings. The summed E-state index contributed by atoms with van der Waals surface area (Å²) in [6.07, 6.45) is 10.5. The monoisotopic (exact) mass is 238 g/mol. The molecule has 2 N–H and O–H groups in total. The zero-order valence-electron chi connectivity index (χ0n) is 11.9. The average Bonchev–Trinajstić information content (AvgIpc) is 2.32. The molecule has 2 bridgehead atoms. The van der Waals surface area contributed by atoms with E-state index in [9.17, 15) is 0 Å². The summed E-state index contributed by atoms with van der Waals surface area (Å²) in [6.45, 7) is 7.12. The van der Waals surface area contributed by atoms with Crippen LogP contribution in [0, 0.1) is 0 Å². The second-order valence-corrected chi connectivity index (χ2v) is 6.16. The minimum absolute atomic E-state index is 0.454. The molecule has 0 aromatic rings. The summed E-state index contributed by atoms with van der Waals surface area (Å²) in [6, 6.07) is 2.01. The van der Waals surface area contributed by atoms with Crippen molar-refractivity contribution in [3.8, 4) is 0 Å². The maximum absolute atomic E-state index is 6.23. The Hall–Kier alpha value is -0.0800. The second-order valence-electron chi connectivity index (χ2n) is 6.16. The molecule has 2 rings (SSSR count). The van der Waals surface area contributed by atoms with E-state index in [1.807, 2.05) is 0 Å². The van der Waals surface area contributed by atoms with Crippen molar-refractivity contribution in [3.63, 3.8) is 0 Å². The van der Waals surface area contributed by atoms with Crippen LogP contribution in [0.3, 0.4) is 0 Å². The molecule has 2 nitrogen and oxygen atoms in total. The van der Waals surface area contributed by atoms with E-state index in [1.54, 1.807) is 0 Å². The van der Waals surface area contributed by atoms with Crippen LogP contribution in [0.1, 0.15) is 72.1 Å². The molecule has 0 saturated carbocycles. The topological polar surface area (TPSA) is 29.3 Å². The first-order chi connectivity index (χ1) is 8.16. The van der Waals surface area contributed by atoms with Gasteiger partial charge in [-0.2, -0.15) is 0 Å². The Labute approximate surface area is 107 Å². The lowest BCUT2D eigenvalue weighted by atomic mass is 9.75. The zero-order valence-corrected chi connectivity index (χ0v) is 11.9. The number of nitrogens with zero attached hydrogens (tertiary/aromatic N) is 1. The van der Waals surface area contributed by atoms with Gasteiger partial charge in [-0.15, -0.1) is 0 Å². The van der Waals surface area contributed by atoms with Gasteiger partial charge in [-0.1, -0.05) is 27.2 Å². The minimum Gasteiger partial charge on any atom is -0.328 e. The van der Waals surface area contributed by atoms with Gasteiger partial charge < -0.3 is 5.73 Å². The number of hydrogen-bond acceptors (Lipinski definition) is 2. The van der Waals surface area contributed by atoms with Crippen LogP contribution < -0.4 is 5.73 Å². The molecule has 0 aromatic heterocycles. The molecular formula is C15H30N2. The van der Waals surface area contributed by atoms with Gasteiger partial charge in [0.15, 0.2) is 0 Å². The van der Waals surface area contributed by atoms with Crippen molar-refractivity contribution >= 4 is 0 Å². The summed E-state index contributed by atoms with van der Waals surface area (Å²) in [4.78, 5) is 2.90. The Morgan fingerprint density at radius 1 is 1.00 bits per heavy atom. The van der Waals surface area contributed by atoms with Gasteiger partial charge in [0.2, 0.25) is 0 Å². The molecule has 2 atom stereocenters. The summed E-state index contributed by atoms with van der Waals surface area (Å²) >= 11 is 0. The van der Waals surface area contributed by atoms with E-state index in [-0.39, 0.29) is 0 Å². The third-order valence-electron chi connectivity index (χ3n) is 5.53. The molecule has 0 aliphatic carbocycles. The van der Waals surface area contributed by atoms with E-state index in [0.717, 1.165) is 12.1 Å². The van der Waals surface area contributed by atoms with Crippen molar-refractivity contribution < 1.29 is 0 Å². The predicted molar refractivity (Wildman–Crippen MR) is 74.1 cm³/mol. The lowest BCUT2D eigenvalue weighted by molar-refractivity contribution is -0.0659. The first-order valence-electron chi connectivity index (χ1n) is 7.70. The van der Waals surface area contributed by atoms with Crippen LogP contribution in [0.25, 0.3) is 0 Å². The molecule has 2 unspecified atom stereocenters. The molecular weight excluding hydrogens is 208 g/mol. The van der Waals surface area contributed by atoms with Gasteiger partial charge in [-0.3, -0.25) is 4.90 Å². The summed E-state index contributed by atoms with van der Waals surface area (Å²) < 4.78 is 0. The normalized spacial score (nSPS) is 34.9. The molecule has 2 saturated heterocycles. The molecule has 2 aliphatic rings. The van der Waals surface area contributed by atoms with Gasteiger partial charge in [-0.25, -0.2) is 0 Å². The SMILES string of the molecule is CCC(CC)(CC)N1C2CCCC1CC(N)C2. The molecule has 2 heterocycles. The first kappa shape index (κ1) is 13.4. The fourth-order valence-electron chi connectivity index (χ4n) is 4.50. The van der Waals surface area contributed by atoms with E-state index >= 15 is 0 Å². The molecule has 0 aromatic carbocycles. The van der Waals surface area contributed by atoms with Gasteiger partial charge in [0.05, 0.1) is 0 Å². The highest BCUT2D eigenvalue weighted by molar-refractivity contribution is 5.02. The molecule has 17 heavy (non-hydrogen) atoms. The van der Waals surface area contributed by atoms with Gasteiger partial charge in [0.25, 0.3) is 0 Å². The lowest BCUT2D eigenvalue weighted by Crippen LogP contribution is -2.64. The lowest BCUT2D eigenvalue weighted by Gasteiger charge is -2.57. The maximum Gasteiger partial charge on any atom is 0.0207 e. The fourth-order valence-corrected chi connectivity index (χ4v) is 4.50. The van der Waals surface area contributed by atoms with Crippen molar-refractivity contribution in [3.05, 3.63) is 0 Å². The molecule has 0 radical (unpaired) electrons. The average molecular weight is 238 g/mol. The van der Waals surface area contributed by atoms with E-state index in [1.165, 1.54) is 51.4 Å². The van der Waals surface area contributed by atoms with Crippen LogP contribution >= 0.6 is 0 Å². The zero-order chi connectivity index (χ0) is 12.5. The van der Waals surface area contributed by atoms with Crippen LogP contribution in [-0.2, 0) is 0 Å². The number of hydrogen-bond donors (Lipinski definition) is 1. The Morgan fingerprint density at radius 3 is 1.88 bits per heavy atom. The summed E-state index contributed by atoms with van der Waals surface area (Å²) in [5, 5.41) is 0. The molecule has 2 heteroatoms. The van der Waals surface area contributed by atoms with Crippen LogP contribution in [0.15, 0.2) is 0 Å². The molecule has 100 valence electrons. The Balaban J connectivity index is 2.23. The van der Waals surface area contributed by atoms with Gasteiger partial charge in [0.1, 0.15) is 0 Å². The molecule has 2 aliphatic heterocycles. The summed E-state index contributed by atoms with van der Waals surface area (Å²) in [5.41, 5.74) is 6.68. The van der Waals surface area contributed by atoms with Crippen molar-refractivity contribution in [1.29, 1.82) is 0 Å². The highest BCUT2D eigenvalue weighted by atomic mass is 15.3. The third kappa shape index (κ3) is 2.26. The Bertz CT molecular complexity index is 225. The van der Waals surface area contributed by atoms with Gasteiger partial charge >= 0.3 is 0 Å². The highest BCUT2D eigenvalue weighted by Crippen LogP contribution is 2.42. The van der Waals surface area contributed by atoms with Crippen molar-refractivity contribution in [2.75, 3.05) is 0 Å². The molecule has 0 spiro atoms. The predicted octanol–water partition coefficient (Wildman–Crippen LogP) is 3.30. The van der Waals surface area contributed by atoms with Crippen molar-refractivity contribution in [2.45, 2.75) is 95.8 Å².